The monoisotopic (exact) mass is 420 g/mol. The van der Waals surface area contributed by atoms with Crippen molar-refractivity contribution in [2.75, 3.05) is 12.4 Å². The molecule has 28 heavy (non-hydrogen) atoms. The number of nitrogens with zero attached hydrogens (tertiary/aromatic N) is 4. The molecule has 3 heterocycles. The number of rotatable bonds is 8. The number of ether oxygens (including phenoxy) is 1. The third-order valence-electron chi connectivity index (χ3n) is 4.01. The van der Waals surface area contributed by atoms with Crippen LogP contribution in [0.15, 0.2) is 27.3 Å². The predicted molar refractivity (Wildman–Crippen MR) is 105 cm³/mol. The highest BCUT2D eigenvalue weighted by atomic mass is 32.2. The number of esters is 1. The summed E-state index contributed by atoms with van der Waals surface area (Å²) < 4.78 is 12.2. The average molecular weight is 421 g/mol. The first-order chi connectivity index (χ1) is 13.4. The van der Waals surface area contributed by atoms with Gasteiger partial charge in [-0.3, -0.25) is 9.59 Å². The van der Waals surface area contributed by atoms with Crippen LogP contribution in [0.5, 0.6) is 0 Å². The van der Waals surface area contributed by atoms with Gasteiger partial charge in [-0.05, 0) is 26.8 Å². The molecule has 0 aliphatic carbocycles. The van der Waals surface area contributed by atoms with E-state index in [1.165, 1.54) is 23.1 Å². The highest BCUT2D eigenvalue weighted by molar-refractivity contribution is 7.99. The first kappa shape index (κ1) is 20.3. The van der Waals surface area contributed by atoms with E-state index >= 15 is 0 Å². The maximum absolute atomic E-state index is 12.8. The molecule has 0 aromatic carbocycles. The summed E-state index contributed by atoms with van der Waals surface area (Å²) >= 11 is 2.51. The number of furan rings is 1. The van der Waals surface area contributed by atoms with Crippen molar-refractivity contribution >= 4 is 34.9 Å². The van der Waals surface area contributed by atoms with E-state index in [9.17, 15) is 9.59 Å². The number of carbonyl (C=O) groups is 2. The Bertz CT molecular complexity index is 992. The van der Waals surface area contributed by atoms with Gasteiger partial charge in [-0.2, -0.15) is 0 Å². The fraction of sp³-hybridized carbons (Fsp3) is 0.389. The molecule has 3 aromatic heterocycles. The van der Waals surface area contributed by atoms with Crippen molar-refractivity contribution in [2.45, 2.75) is 31.8 Å². The minimum absolute atomic E-state index is 0.0540. The zero-order valence-corrected chi connectivity index (χ0v) is 17.6. The summed E-state index contributed by atoms with van der Waals surface area (Å²) in [5.74, 6) is -0.423. The molecule has 148 valence electrons. The molecule has 3 rings (SSSR count). The van der Waals surface area contributed by atoms with E-state index in [2.05, 4.69) is 15.2 Å². The molecule has 0 aliphatic rings. The summed E-state index contributed by atoms with van der Waals surface area (Å²) in [6.07, 6.45) is 1.59. The van der Waals surface area contributed by atoms with Gasteiger partial charge in [0.25, 0.3) is 0 Å². The summed E-state index contributed by atoms with van der Waals surface area (Å²) in [6.45, 7) is 5.58. The molecule has 10 heteroatoms. The molecule has 0 fully saturated rings. The largest absolute Gasteiger partial charge is 0.469 e. The van der Waals surface area contributed by atoms with Gasteiger partial charge in [0, 0.05) is 18.1 Å². The maximum Gasteiger partial charge on any atom is 0.323 e. The van der Waals surface area contributed by atoms with E-state index in [0.717, 1.165) is 17.0 Å². The molecule has 0 radical (unpaired) electrons. The zero-order chi connectivity index (χ0) is 20.3. The molecule has 0 saturated carbocycles. The highest BCUT2D eigenvalue weighted by Crippen LogP contribution is 2.28. The van der Waals surface area contributed by atoms with Crippen LogP contribution in [0.1, 0.15) is 29.3 Å². The molecular weight excluding hydrogens is 400 g/mol. The van der Waals surface area contributed by atoms with Gasteiger partial charge in [0.15, 0.2) is 22.7 Å². The summed E-state index contributed by atoms with van der Waals surface area (Å²) in [6, 6.07) is 1.82. The first-order valence-electron chi connectivity index (χ1n) is 8.60. The van der Waals surface area contributed by atoms with Crippen LogP contribution in [0.25, 0.3) is 11.4 Å². The zero-order valence-electron chi connectivity index (χ0n) is 16.0. The number of aromatic nitrogens is 4. The van der Waals surface area contributed by atoms with Crippen LogP contribution >= 0.6 is 23.1 Å². The standard InChI is InChI=1S/C18H20N4O4S2/c1-5-25-17(24)14(16-19-10(2)8-27-16)13(23)9-28-18-21-20-15(22(18)4)12-6-7-26-11(12)3/h6-8,14H,5,9H2,1-4H3/t14-/m0/s1. The maximum atomic E-state index is 12.8. The Kier molecular flexibility index (Phi) is 6.30. The Morgan fingerprint density at radius 1 is 1.36 bits per heavy atom. The van der Waals surface area contributed by atoms with Gasteiger partial charge in [-0.1, -0.05) is 11.8 Å². The van der Waals surface area contributed by atoms with Crippen molar-refractivity contribution in [3.05, 3.63) is 34.2 Å². The molecule has 0 N–H and O–H groups in total. The van der Waals surface area contributed by atoms with Gasteiger partial charge in [0.1, 0.15) is 10.8 Å². The van der Waals surface area contributed by atoms with Gasteiger partial charge in [-0.15, -0.1) is 21.5 Å². The molecule has 0 saturated heterocycles. The Morgan fingerprint density at radius 3 is 2.75 bits per heavy atom. The number of hydrogen-bond donors (Lipinski definition) is 0. The van der Waals surface area contributed by atoms with E-state index in [4.69, 9.17) is 9.15 Å². The molecule has 1 atom stereocenters. The summed E-state index contributed by atoms with van der Waals surface area (Å²) in [4.78, 5) is 29.5. The van der Waals surface area contributed by atoms with Crippen LogP contribution in [0.4, 0.5) is 0 Å². The molecule has 0 spiro atoms. The Hall–Kier alpha value is -2.46. The number of thiazole rings is 1. The van der Waals surface area contributed by atoms with E-state index in [0.29, 0.717) is 16.0 Å². The van der Waals surface area contributed by atoms with Crippen molar-refractivity contribution in [3.8, 4) is 11.4 Å². The molecule has 3 aromatic rings. The number of thioether (sulfide) groups is 1. The SMILES string of the molecule is CCOC(=O)[C@@H](C(=O)CSc1nnc(-c2ccoc2C)n1C)c1nc(C)cs1. The number of carbonyl (C=O) groups excluding carboxylic acids is 2. The van der Waals surface area contributed by atoms with Crippen molar-refractivity contribution in [1.29, 1.82) is 0 Å². The van der Waals surface area contributed by atoms with E-state index in [1.807, 2.05) is 32.3 Å². The Morgan fingerprint density at radius 2 is 2.14 bits per heavy atom. The molecular formula is C18H20N4O4S2. The lowest BCUT2D eigenvalue weighted by atomic mass is 10.1. The third-order valence-corrected chi connectivity index (χ3v) is 6.08. The van der Waals surface area contributed by atoms with Crippen LogP contribution in [-0.4, -0.2) is 43.9 Å². The quantitative estimate of drug-likeness (QED) is 0.311. The van der Waals surface area contributed by atoms with E-state index in [-0.39, 0.29) is 18.1 Å². The van der Waals surface area contributed by atoms with Crippen molar-refractivity contribution in [1.82, 2.24) is 19.7 Å². The van der Waals surface area contributed by atoms with Crippen LogP contribution in [0, 0.1) is 13.8 Å². The molecule has 0 unspecified atom stereocenters. The van der Waals surface area contributed by atoms with Gasteiger partial charge >= 0.3 is 5.97 Å². The lowest BCUT2D eigenvalue weighted by Gasteiger charge is -2.12. The normalized spacial score (nSPS) is 12.1. The topological polar surface area (TPSA) is 100 Å². The summed E-state index contributed by atoms with van der Waals surface area (Å²) in [7, 11) is 1.82. The minimum Gasteiger partial charge on any atom is -0.469 e. The number of aryl methyl sites for hydroxylation is 2. The fourth-order valence-corrected chi connectivity index (χ4v) is 4.33. The second-order valence-corrected chi connectivity index (χ2v) is 7.86. The van der Waals surface area contributed by atoms with Crippen LogP contribution in [0.2, 0.25) is 0 Å². The fourth-order valence-electron chi connectivity index (χ4n) is 2.61. The molecule has 0 bridgehead atoms. The molecule has 8 nitrogen and oxygen atoms in total. The van der Waals surface area contributed by atoms with Crippen LogP contribution in [0.3, 0.4) is 0 Å². The van der Waals surface area contributed by atoms with Crippen LogP contribution in [-0.2, 0) is 21.4 Å². The second kappa shape index (κ2) is 8.70. The minimum atomic E-state index is -1.02. The molecule has 0 amide bonds. The van der Waals surface area contributed by atoms with Crippen molar-refractivity contribution in [2.24, 2.45) is 7.05 Å². The van der Waals surface area contributed by atoms with Crippen molar-refractivity contribution in [3.63, 3.8) is 0 Å². The Balaban J connectivity index is 1.75. The number of hydrogen-bond acceptors (Lipinski definition) is 9. The smallest absolute Gasteiger partial charge is 0.323 e. The highest BCUT2D eigenvalue weighted by Gasteiger charge is 2.32. The van der Waals surface area contributed by atoms with Gasteiger partial charge in [0.2, 0.25) is 0 Å². The lowest BCUT2D eigenvalue weighted by molar-refractivity contribution is -0.147. The first-order valence-corrected chi connectivity index (χ1v) is 10.5. The lowest BCUT2D eigenvalue weighted by Crippen LogP contribution is -2.25. The van der Waals surface area contributed by atoms with Crippen molar-refractivity contribution < 1.29 is 18.7 Å². The predicted octanol–water partition coefficient (Wildman–Crippen LogP) is 3.16. The number of Topliss-reactive ketones (excluding diaryl/α,β-unsaturated/α-hetero) is 1. The second-order valence-electron chi connectivity index (χ2n) is 6.02. The average Bonchev–Trinajstić information content (AvgIpc) is 3.35. The van der Waals surface area contributed by atoms with E-state index < -0.39 is 11.9 Å². The number of ketones is 1. The van der Waals surface area contributed by atoms with Crippen LogP contribution < -0.4 is 0 Å². The Labute approximate surface area is 170 Å². The van der Waals surface area contributed by atoms with Gasteiger partial charge < -0.3 is 13.7 Å². The van der Waals surface area contributed by atoms with Gasteiger partial charge in [-0.25, -0.2) is 4.98 Å². The summed E-state index contributed by atoms with van der Waals surface area (Å²) in [5, 5.41) is 11.2. The third kappa shape index (κ3) is 4.17. The van der Waals surface area contributed by atoms with Gasteiger partial charge in [0.05, 0.1) is 24.2 Å². The summed E-state index contributed by atoms with van der Waals surface area (Å²) in [5.41, 5.74) is 1.61. The van der Waals surface area contributed by atoms with E-state index in [1.54, 1.807) is 17.8 Å². The molecule has 0 aliphatic heterocycles.